The summed E-state index contributed by atoms with van der Waals surface area (Å²) in [6, 6.07) is 59.0. The Morgan fingerprint density at radius 2 is 0.981 bits per heavy atom. The molecule has 5 nitrogen and oxygen atoms in total. The number of nitriles is 2. The number of hydrogen-bond donors (Lipinski definition) is 0. The van der Waals surface area contributed by atoms with E-state index in [1.165, 1.54) is 16.2 Å². The van der Waals surface area contributed by atoms with Gasteiger partial charge >= 0.3 is 0 Å². The van der Waals surface area contributed by atoms with Gasteiger partial charge in [-0.1, -0.05) is 84.9 Å². The standard InChI is InChI=1S/C48H26N4O/c49-27-32-15-14-31(26-33(32)28-50)29-16-19-35(20-17-29)51-40-13-7-6-12-39(40)45-42(51)24-21-37-38-22-25-43-46(48(38)53-47(37)45)44-36-11-5-4-8-30(36)18-23-41(44)52(43)34-9-2-1-3-10-34/h1-26H. The van der Waals surface area contributed by atoms with Crippen molar-refractivity contribution in [2.45, 2.75) is 0 Å². The van der Waals surface area contributed by atoms with Gasteiger partial charge in [0.05, 0.1) is 44.0 Å². The van der Waals surface area contributed by atoms with Gasteiger partial charge in [0.15, 0.2) is 0 Å². The fourth-order valence-corrected chi connectivity index (χ4v) is 8.46. The molecule has 11 aromatic rings. The van der Waals surface area contributed by atoms with Crippen LogP contribution in [-0.4, -0.2) is 9.13 Å². The largest absolute Gasteiger partial charge is 0.455 e. The Hall–Kier alpha value is -7.60. The van der Waals surface area contributed by atoms with Gasteiger partial charge in [0, 0.05) is 32.9 Å². The molecular weight excluding hydrogens is 649 g/mol. The van der Waals surface area contributed by atoms with E-state index in [-0.39, 0.29) is 0 Å². The predicted molar refractivity (Wildman–Crippen MR) is 215 cm³/mol. The van der Waals surface area contributed by atoms with Crippen LogP contribution in [0.1, 0.15) is 11.1 Å². The molecule has 0 N–H and O–H groups in total. The molecule has 0 unspecified atom stereocenters. The highest BCUT2D eigenvalue weighted by molar-refractivity contribution is 6.32. The second kappa shape index (κ2) is 10.9. The summed E-state index contributed by atoms with van der Waals surface area (Å²) in [5.41, 5.74) is 10.9. The zero-order valence-electron chi connectivity index (χ0n) is 28.2. The first-order chi connectivity index (χ1) is 26.2. The van der Waals surface area contributed by atoms with Crippen LogP contribution in [0.2, 0.25) is 0 Å². The molecule has 0 aliphatic heterocycles. The monoisotopic (exact) mass is 674 g/mol. The molecule has 53 heavy (non-hydrogen) atoms. The van der Waals surface area contributed by atoms with Gasteiger partial charge in [-0.15, -0.1) is 0 Å². The number of furan rings is 1. The SMILES string of the molecule is N#Cc1ccc(-c2ccc(-n3c4ccccc4c4c5oc6c(ccc7c6c6c8ccccc8ccc6n7-c6ccccc6)c5ccc43)cc2)cc1C#N. The first-order valence-electron chi connectivity index (χ1n) is 17.6. The van der Waals surface area contributed by atoms with Crippen molar-refractivity contribution in [2.75, 3.05) is 0 Å². The van der Waals surface area contributed by atoms with Crippen LogP contribution in [0.3, 0.4) is 0 Å². The molecule has 8 aromatic carbocycles. The van der Waals surface area contributed by atoms with Crippen LogP contribution in [0, 0.1) is 22.7 Å². The highest BCUT2D eigenvalue weighted by Crippen LogP contribution is 2.46. The summed E-state index contributed by atoms with van der Waals surface area (Å²) in [5, 5.41) is 28.1. The Kier molecular flexibility index (Phi) is 6.02. The zero-order chi connectivity index (χ0) is 35.2. The molecule has 0 aliphatic rings. The molecule has 0 radical (unpaired) electrons. The van der Waals surface area contributed by atoms with Crippen LogP contribution in [0.15, 0.2) is 162 Å². The van der Waals surface area contributed by atoms with Crippen molar-refractivity contribution in [3.8, 4) is 34.6 Å². The second-order valence-corrected chi connectivity index (χ2v) is 13.5. The Morgan fingerprint density at radius 3 is 1.75 bits per heavy atom. The Morgan fingerprint density at radius 1 is 0.396 bits per heavy atom. The lowest BCUT2D eigenvalue weighted by atomic mass is 10.00. The van der Waals surface area contributed by atoms with Crippen molar-refractivity contribution >= 4 is 76.3 Å². The molecule has 11 rings (SSSR count). The average molecular weight is 675 g/mol. The molecule has 0 spiro atoms. The molecule has 0 saturated heterocycles. The minimum absolute atomic E-state index is 0.376. The fraction of sp³-hybridized carbons (Fsp3) is 0. The van der Waals surface area contributed by atoms with Gasteiger partial charge in [-0.3, -0.25) is 0 Å². The molecule has 0 atom stereocenters. The minimum Gasteiger partial charge on any atom is -0.455 e. The maximum absolute atomic E-state index is 9.59. The Labute approximate surface area is 303 Å². The summed E-state index contributed by atoms with van der Waals surface area (Å²) in [6.45, 7) is 0. The van der Waals surface area contributed by atoms with Crippen LogP contribution >= 0.6 is 0 Å². The molecule has 0 amide bonds. The molecule has 3 aromatic heterocycles. The van der Waals surface area contributed by atoms with E-state index in [2.05, 4.69) is 161 Å². The van der Waals surface area contributed by atoms with E-state index in [1.54, 1.807) is 12.1 Å². The third-order valence-corrected chi connectivity index (χ3v) is 10.8. The highest BCUT2D eigenvalue weighted by Gasteiger charge is 2.23. The van der Waals surface area contributed by atoms with E-state index in [0.29, 0.717) is 11.1 Å². The maximum Gasteiger partial charge on any atom is 0.145 e. The predicted octanol–water partition coefficient (Wildman–Crippen LogP) is 12.3. The molecule has 0 bridgehead atoms. The molecule has 5 heteroatoms. The quantitative estimate of drug-likeness (QED) is 0.187. The van der Waals surface area contributed by atoms with Gasteiger partial charge in [0.25, 0.3) is 0 Å². The summed E-state index contributed by atoms with van der Waals surface area (Å²) in [5.74, 6) is 0. The van der Waals surface area contributed by atoms with Gasteiger partial charge in [-0.05, 0) is 94.7 Å². The smallest absolute Gasteiger partial charge is 0.145 e. The number of aromatic nitrogens is 2. The van der Waals surface area contributed by atoms with E-state index < -0.39 is 0 Å². The van der Waals surface area contributed by atoms with Crippen molar-refractivity contribution in [1.29, 1.82) is 10.5 Å². The molecular formula is C48H26N4O. The second-order valence-electron chi connectivity index (χ2n) is 13.5. The van der Waals surface area contributed by atoms with E-state index >= 15 is 0 Å². The number of hydrogen-bond acceptors (Lipinski definition) is 3. The van der Waals surface area contributed by atoms with Crippen LogP contribution in [0.4, 0.5) is 0 Å². The van der Waals surface area contributed by atoms with Crippen molar-refractivity contribution in [2.24, 2.45) is 0 Å². The van der Waals surface area contributed by atoms with Gasteiger partial charge in [-0.2, -0.15) is 10.5 Å². The van der Waals surface area contributed by atoms with Crippen LogP contribution < -0.4 is 0 Å². The average Bonchev–Trinajstić information content (AvgIpc) is 3.88. The summed E-state index contributed by atoms with van der Waals surface area (Å²) in [7, 11) is 0. The van der Waals surface area contributed by atoms with Crippen molar-refractivity contribution in [3.63, 3.8) is 0 Å². The Bertz CT molecular complexity index is 3400. The normalized spacial score (nSPS) is 11.7. The van der Waals surface area contributed by atoms with Crippen molar-refractivity contribution in [3.05, 3.63) is 169 Å². The number of fused-ring (bicyclic) bond motifs is 13. The molecule has 3 heterocycles. The van der Waals surface area contributed by atoms with E-state index in [0.717, 1.165) is 82.7 Å². The number of rotatable bonds is 3. The van der Waals surface area contributed by atoms with Gasteiger partial charge < -0.3 is 13.6 Å². The first-order valence-corrected chi connectivity index (χ1v) is 17.6. The topological polar surface area (TPSA) is 70.6 Å². The summed E-state index contributed by atoms with van der Waals surface area (Å²) >= 11 is 0. The zero-order valence-corrected chi connectivity index (χ0v) is 28.2. The van der Waals surface area contributed by atoms with Gasteiger partial charge in [0.2, 0.25) is 0 Å². The fourth-order valence-electron chi connectivity index (χ4n) is 8.46. The third kappa shape index (κ3) is 4.05. The van der Waals surface area contributed by atoms with E-state index in [9.17, 15) is 10.5 Å². The first kappa shape index (κ1) is 29.2. The summed E-state index contributed by atoms with van der Waals surface area (Å²) in [4.78, 5) is 0. The number of benzene rings is 8. The van der Waals surface area contributed by atoms with E-state index in [4.69, 9.17) is 4.42 Å². The Balaban J connectivity index is 1.19. The maximum atomic E-state index is 9.59. The lowest BCUT2D eigenvalue weighted by molar-refractivity contribution is 0.677. The van der Waals surface area contributed by atoms with E-state index in [1.807, 2.05) is 6.07 Å². The van der Waals surface area contributed by atoms with Gasteiger partial charge in [-0.25, -0.2) is 0 Å². The molecule has 0 fully saturated rings. The highest BCUT2D eigenvalue weighted by atomic mass is 16.3. The van der Waals surface area contributed by atoms with Crippen LogP contribution in [-0.2, 0) is 0 Å². The number of nitrogens with zero attached hydrogens (tertiary/aromatic N) is 4. The minimum atomic E-state index is 0.376. The molecule has 244 valence electrons. The van der Waals surface area contributed by atoms with Crippen LogP contribution in [0.25, 0.3) is 98.8 Å². The summed E-state index contributed by atoms with van der Waals surface area (Å²) < 4.78 is 11.8. The molecule has 0 aliphatic carbocycles. The van der Waals surface area contributed by atoms with Crippen LogP contribution in [0.5, 0.6) is 0 Å². The molecule has 0 saturated carbocycles. The lowest BCUT2D eigenvalue weighted by Gasteiger charge is -2.10. The lowest BCUT2D eigenvalue weighted by Crippen LogP contribution is -1.94. The summed E-state index contributed by atoms with van der Waals surface area (Å²) in [6.07, 6.45) is 0. The third-order valence-electron chi connectivity index (χ3n) is 10.8. The van der Waals surface area contributed by atoms with Gasteiger partial charge in [0.1, 0.15) is 23.3 Å². The van der Waals surface area contributed by atoms with Crippen molar-refractivity contribution in [1.82, 2.24) is 9.13 Å². The van der Waals surface area contributed by atoms with Crippen molar-refractivity contribution < 1.29 is 4.42 Å². The number of para-hydroxylation sites is 2.